The Labute approximate surface area is 149 Å². The van der Waals surface area contributed by atoms with E-state index in [0.717, 1.165) is 16.7 Å². The molecule has 3 rings (SSSR count). The number of hydrogen-bond acceptors (Lipinski definition) is 4. The quantitative estimate of drug-likeness (QED) is 0.627. The minimum atomic E-state index is -0.527. The van der Waals surface area contributed by atoms with Crippen molar-refractivity contribution in [1.82, 2.24) is 9.97 Å². The summed E-state index contributed by atoms with van der Waals surface area (Å²) in [6.45, 7) is 5.23. The van der Waals surface area contributed by atoms with Gasteiger partial charge in [-0.25, -0.2) is 9.59 Å². The predicted octanol–water partition coefficient (Wildman–Crippen LogP) is 2.58. The average molecular weight is 353 g/mol. The van der Waals surface area contributed by atoms with Crippen LogP contribution >= 0.6 is 0 Å². The molecule has 3 aromatic rings. The molecule has 1 aromatic heterocycles. The zero-order valence-electron chi connectivity index (χ0n) is 14.7. The van der Waals surface area contributed by atoms with Gasteiger partial charge in [-0.05, 0) is 50.1 Å². The number of fused-ring (bicyclic) bond motifs is 1. The van der Waals surface area contributed by atoms with Crippen LogP contribution in [0.5, 0.6) is 0 Å². The summed E-state index contributed by atoms with van der Waals surface area (Å²) in [5.74, 6) is -0.987. The van der Waals surface area contributed by atoms with E-state index in [-0.39, 0.29) is 5.69 Å². The number of amides is 1. The van der Waals surface area contributed by atoms with E-state index in [1.165, 1.54) is 0 Å². The Morgan fingerprint density at radius 1 is 1.00 bits per heavy atom. The van der Waals surface area contributed by atoms with Crippen LogP contribution in [-0.4, -0.2) is 28.5 Å². The summed E-state index contributed by atoms with van der Waals surface area (Å²) in [5.41, 5.74) is 4.57. The molecule has 0 aliphatic rings. The third-order valence-corrected chi connectivity index (χ3v) is 4.02. The molecule has 0 bridgehead atoms. The highest BCUT2D eigenvalue weighted by Gasteiger charge is 2.16. The number of H-pyrrole nitrogens is 2. The molecule has 0 aliphatic carbocycles. The SMILES string of the molecule is Cc1cc(C)c(C(=O)OCC(=O)Nc2ccc3[nH]c(=O)[nH]c3c2)c(C)c1. The number of nitrogens with one attached hydrogen (secondary N) is 3. The first-order valence-electron chi connectivity index (χ1n) is 8.10. The van der Waals surface area contributed by atoms with Gasteiger partial charge in [-0.2, -0.15) is 0 Å². The number of esters is 1. The molecule has 0 atom stereocenters. The Morgan fingerprint density at radius 3 is 2.35 bits per heavy atom. The lowest BCUT2D eigenvalue weighted by Gasteiger charge is -2.11. The van der Waals surface area contributed by atoms with Gasteiger partial charge < -0.3 is 20.0 Å². The number of aromatic amines is 2. The number of benzene rings is 2. The second-order valence-corrected chi connectivity index (χ2v) is 6.24. The Hall–Kier alpha value is -3.35. The number of ether oxygens (including phenoxy) is 1. The Bertz CT molecular complexity index is 1040. The van der Waals surface area contributed by atoms with E-state index in [1.54, 1.807) is 18.2 Å². The van der Waals surface area contributed by atoms with Crippen LogP contribution in [0, 0.1) is 20.8 Å². The van der Waals surface area contributed by atoms with Gasteiger partial charge >= 0.3 is 11.7 Å². The molecule has 0 aliphatic heterocycles. The van der Waals surface area contributed by atoms with E-state index in [1.807, 2.05) is 32.9 Å². The molecule has 1 amide bonds. The van der Waals surface area contributed by atoms with Crippen molar-refractivity contribution in [3.05, 3.63) is 63.1 Å². The molecule has 0 saturated heterocycles. The molecule has 7 nitrogen and oxygen atoms in total. The molecule has 26 heavy (non-hydrogen) atoms. The maximum Gasteiger partial charge on any atom is 0.339 e. The van der Waals surface area contributed by atoms with E-state index in [4.69, 9.17) is 4.74 Å². The predicted molar refractivity (Wildman–Crippen MR) is 98.5 cm³/mol. The van der Waals surface area contributed by atoms with E-state index in [9.17, 15) is 14.4 Å². The van der Waals surface area contributed by atoms with Crippen molar-refractivity contribution in [2.75, 3.05) is 11.9 Å². The largest absolute Gasteiger partial charge is 0.452 e. The second-order valence-electron chi connectivity index (χ2n) is 6.24. The van der Waals surface area contributed by atoms with Crippen LogP contribution < -0.4 is 11.0 Å². The molecule has 7 heteroatoms. The van der Waals surface area contributed by atoms with Crippen molar-refractivity contribution in [3.8, 4) is 0 Å². The van der Waals surface area contributed by atoms with E-state index in [2.05, 4.69) is 15.3 Å². The van der Waals surface area contributed by atoms with Gasteiger partial charge in [0, 0.05) is 5.69 Å². The summed E-state index contributed by atoms with van der Waals surface area (Å²) in [4.78, 5) is 40.8. The number of carbonyl (C=O) groups is 2. The third-order valence-electron chi connectivity index (χ3n) is 4.02. The lowest BCUT2D eigenvalue weighted by molar-refractivity contribution is -0.119. The molecule has 0 saturated carbocycles. The van der Waals surface area contributed by atoms with E-state index >= 15 is 0 Å². The van der Waals surface area contributed by atoms with Gasteiger partial charge in [0.15, 0.2) is 6.61 Å². The summed E-state index contributed by atoms with van der Waals surface area (Å²) >= 11 is 0. The first-order chi connectivity index (χ1) is 12.3. The highest BCUT2D eigenvalue weighted by atomic mass is 16.5. The zero-order chi connectivity index (χ0) is 18.8. The maximum absolute atomic E-state index is 12.3. The number of aromatic nitrogens is 2. The maximum atomic E-state index is 12.3. The van der Waals surface area contributed by atoms with Crippen LogP contribution in [0.3, 0.4) is 0 Å². The number of imidazole rings is 1. The lowest BCUT2D eigenvalue weighted by Crippen LogP contribution is -2.21. The highest BCUT2D eigenvalue weighted by Crippen LogP contribution is 2.18. The van der Waals surface area contributed by atoms with Crippen LogP contribution in [0.25, 0.3) is 11.0 Å². The normalized spacial score (nSPS) is 10.7. The fraction of sp³-hybridized carbons (Fsp3) is 0.211. The standard InChI is InChI=1S/C19H19N3O4/c1-10-6-11(2)17(12(3)7-10)18(24)26-9-16(23)20-13-4-5-14-15(8-13)22-19(25)21-14/h4-8H,9H2,1-3H3,(H,20,23)(H2,21,22,25). The topological polar surface area (TPSA) is 104 Å². The Kier molecular flexibility index (Phi) is 4.62. The average Bonchev–Trinajstić information content (AvgIpc) is 2.91. The smallest absolute Gasteiger partial charge is 0.339 e. The van der Waals surface area contributed by atoms with Gasteiger partial charge in [-0.3, -0.25) is 4.79 Å². The number of anilines is 1. The van der Waals surface area contributed by atoms with Gasteiger partial charge in [0.2, 0.25) is 0 Å². The van der Waals surface area contributed by atoms with E-state index < -0.39 is 18.5 Å². The van der Waals surface area contributed by atoms with Crippen LogP contribution in [0.15, 0.2) is 35.1 Å². The zero-order valence-corrected chi connectivity index (χ0v) is 14.7. The first-order valence-corrected chi connectivity index (χ1v) is 8.10. The van der Waals surface area contributed by atoms with Crippen molar-refractivity contribution in [2.24, 2.45) is 0 Å². The third kappa shape index (κ3) is 3.66. The van der Waals surface area contributed by atoms with Crippen molar-refractivity contribution in [1.29, 1.82) is 0 Å². The molecule has 3 N–H and O–H groups in total. The van der Waals surface area contributed by atoms with E-state index in [0.29, 0.717) is 22.3 Å². The Balaban J connectivity index is 1.64. The highest BCUT2D eigenvalue weighted by molar-refractivity contribution is 5.97. The van der Waals surface area contributed by atoms with Crippen molar-refractivity contribution < 1.29 is 14.3 Å². The number of aryl methyl sites for hydroxylation is 3. The Morgan fingerprint density at radius 2 is 1.65 bits per heavy atom. The molecule has 0 unspecified atom stereocenters. The van der Waals surface area contributed by atoms with Crippen molar-refractivity contribution in [2.45, 2.75) is 20.8 Å². The summed E-state index contributed by atoms with van der Waals surface area (Å²) in [7, 11) is 0. The van der Waals surface area contributed by atoms with Crippen LogP contribution in [0.1, 0.15) is 27.0 Å². The van der Waals surface area contributed by atoms with Crippen LogP contribution in [-0.2, 0) is 9.53 Å². The van der Waals surface area contributed by atoms with Gasteiger partial charge in [0.1, 0.15) is 0 Å². The lowest BCUT2D eigenvalue weighted by atomic mass is 10.00. The minimum Gasteiger partial charge on any atom is -0.452 e. The van der Waals surface area contributed by atoms with Crippen molar-refractivity contribution >= 4 is 28.6 Å². The molecule has 0 spiro atoms. The number of rotatable bonds is 4. The summed E-state index contributed by atoms with van der Waals surface area (Å²) in [6, 6.07) is 8.75. The minimum absolute atomic E-state index is 0.318. The molecular weight excluding hydrogens is 334 g/mol. The summed E-state index contributed by atoms with van der Waals surface area (Å²) < 4.78 is 5.14. The van der Waals surface area contributed by atoms with Gasteiger partial charge in [0.25, 0.3) is 5.91 Å². The number of hydrogen-bond donors (Lipinski definition) is 3. The summed E-state index contributed by atoms with van der Waals surface area (Å²) in [5, 5.41) is 2.64. The van der Waals surface area contributed by atoms with Crippen molar-refractivity contribution in [3.63, 3.8) is 0 Å². The van der Waals surface area contributed by atoms with Crippen LogP contribution in [0.2, 0.25) is 0 Å². The fourth-order valence-electron chi connectivity index (χ4n) is 3.01. The monoisotopic (exact) mass is 353 g/mol. The number of carbonyl (C=O) groups excluding carboxylic acids is 2. The molecule has 1 heterocycles. The molecule has 134 valence electrons. The van der Waals surface area contributed by atoms with Gasteiger partial charge in [-0.15, -0.1) is 0 Å². The molecule has 2 aromatic carbocycles. The molecular formula is C19H19N3O4. The molecule has 0 radical (unpaired) electrons. The first kappa shape index (κ1) is 17.5. The summed E-state index contributed by atoms with van der Waals surface area (Å²) in [6.07, 6.45) is 0. The second kappa shape index (κ2) is 6.87. The fourth-order valence-corrected chi connectivity index (χ4v) is 3.01. The molecule has 0 fully saturated rings. The van der Waals surface area contributed by atoms with Gasteiger partial charge in [-0.1, -0.05) is 17.7 Å². The van der Waals surface area contributed by atoms with Crippen LogP contribution in [0.4, 0.5) is 5.69 Å². The van der Waals surface area contributed by atoms with Gasteiger partial charge in [0.05, 0.1) is 16.6 Å².